The third-order valence-electron chi connectivity index (χ3n) is 2.77. The average molecular weight is 234 g/mol. The Hall–Kier alpha value is -1.75. The van der Waals surface area contributed by atoms with Gasteiger partial charge in [0.1, 0.15) is 5.82 Å². The molecule has 1 N–H and O–H groups in total. The van der Waals surface area contributed by atoms with E-state index in [4.69, 9.17) is 0 Å². The molecular formula is C12H15FN4. The Morgan fingerprint density at radius 2 is 2.06 bits per heavy atom. The first-order valence-corrected chi connectivity index (χ1v) is 5.49. The summed E-state index contributed by atoms with van der Waals surface area (Å²) in [6.07, 6.45) is 1.73. The fourth-order valence-corrected chi connectivity index (χ4v) is 1.60. The van der Waals surface area contributed by atoms with Gasteiger partial charge in [0.25, 0.3) is 0 Å². The molecule has 90 valence electrons. The molecule has 17 heavy (non-hydrogen) atoms. The van der Waals surface area contributed by atoms with E-state index in [1.807, 2.05) is 14.0 Å². The molecule has 0 saturated heterocycles. The Balaban J connectivity index is 1.95. The predicted molar refractivity (Wildman–Crippen MR) is 62.7 cm³/mol. The van der Waals surface area contributed by atoms with Crippen LogP contribution in [-0.2, 0) is 13.6 Å². The van der Waals surface area contributed by atoms with Gasteiger partial charge < -0.3 is 5.32 Å². The van der Waals surface area contributed by atoms with Gasteiger partial charge in [-0.25, -0.2) is 4.39 Å². The summed E-state index contributed by atoms with van der Waals surface area (Å²) in [7, 11) is 1.85. The van der Waals surface area contributed by atoms with Crippen LogP contribution in [0.15, 0.2) is 30.5 Å². The number of hydrogen-bond donors (Lipinski definition) is 1. The van der Waals surface area contributed by atoms with Gasteiger partial charge in [0.15, 0.2) is 0 Å². The largest absolute Gasteiger partial charge is 0.305 e. The van der Waals surface area contributed by atoms with Gasteiger partial charge in [-0.1, -0.05) is 17.3 Å². The van der Waals surface area contributed by atoms with E-state index in [0.29, 0.717) is 6.54 Å². The molecule has 0 fully saturated rings. The lowest BCUT2D eigenvalue weighted by atomic mass is 10.1. The standard InChI is InChI=1S/C12H15FN4/c1-9(10-3-5-11(13)6-4-10)14-7-12-8-15-16-17(12)2/h3-6,8-9,14H,7H2,1-2H3/t9-/m0/s1. The fraction of sp³-hybridized carbons (Fsp3) is 0.333. The summed E-state index contributed by atoms with van der Waals surface area (Å²) in [5.74, 6) is -0.211. The Morgan fingerprint density at radius 3 is 2.65 bits per heavy atom. The highest BCUT2D eigenvalue weighted by Crippen LogP contribution is 2.13. The molecule has 0 aliphatic carbocycles. The monoisotopic (exact) mass is 234 g/mol. The molecule has 0 amide bonds. The van der Waals surface area contributed by atoms with Gasteiger partial charge in [0, 0.05) is 19.6 Å². The zero-order valence-corrected chi connectivity index (χ0v) is 9.89. The number of nitrogens with one attached hydrogen (secondary N) is 1. The van der Waals surface area contributed by atoms with Crippen LogP contribution >= 0.6 is 0 Å². The highest BCUT2D eigenvalue weighted by Gasteiger charge is 2.06. The maximum atomic E-state index is 12.8. The van der Waals surface area contributed by atoms with Crippen LogP contribution in [0.1, 0.15) is 24.2 Å². The molecule has 1 heterocycles. The van der Waals surface area contributed by atoms with Crippen LogP contribution in [0, 0.1) is 5.82 Å². The first kappa shape index (κ1) is 11.7. The quantitative estimate of drug-likeness (QED) is 0.877. The van der Waals surface area contributed by atoms with E-state index in [1.165, 1.54) is 12.1 Å². The van der Waals surface area contributed by atoms with Crippen LogP contribution in [0.2, 0.25) is 0 Å². The van der Waals surface area contributed by atoms with Gasteiger partial charge in [0.2, 0.25) is 0 Å². The van der Waals surface area contributed by atoms with Gasteiger partial charge in [-0.3, -0.25) is 4.68 Å². The second-order valence-corrected chi connectivity index (χ2v) is 4.00. The van der Waals surface area contributed by atoms with E-state index < -0.39 is 0 Å². The van der Waals surface area contributed by atoms with E-state index in [9.17, 15) is 4.39 Å². The van der Waals surface area contributed by atoms with Crippen molar-refractivity contribution in [3.05, 3.63) is 47.5 Å². The molecule has 0 saturated carbocycles. The topological polar surface area (TPSA) is 42.7 Å². The summed E-state index contributed by atoms with van der Waals surface area (Å²) >= 11 is 0. The average Bonchev–Trinajstić information content (AvgIpc) is 2.73. The van der Waals surface area contributed by atoms with Crippen molar-refractivity contribution in [2.45, 2.75) is 19.5 Å². The number of halogens is 1. The molecule has 2 rings (SSSR count). The molecule has 1 aromatic carbocycles. The molecule has 0 aliphatic heterocycles. The number of rotatable bonds is 4. The maximum absolute atomic E-state index is 12.8. The summed E-state index contributed by atoms with van der Waals surface area (Å²) in [5.41, 5.74) is 2.07. The lowest BCUT2D eigenvalue weighted by molar-refractivity contribution is 0.544. The van der Waals surface area contributed by atoms with Gasteiger partial charge in [-0.15, -0.1) is 5.10 Å². The molecule has 5 heteroatoms. The normalized spacial score (nSPS) is 12.6. The Kier molecular flexibility index (Phi) is 3.49. The van der Waals surface area contributed by atoms with E-state index in [2.05, 4.69) is 15.6 Å². The molecular weight excluding hydrogens is 219 g/mol. The molecule has 0 unspecified atom stereocenters. The van der Waals surface area contributed by atoms with Gasteiger partial charge >= 0.3 is 0 Å². The third-order valence-corrected chi connectivity index (χ3v) is 2.77. The fourth-order valence-electron chi connectivity index (χ4n) is 1.60. The molecule has 0 bridgehead atoms. The molecule has 2 aromatic rings. The Morgan fingerprint density at radius 1 is 1.35 bits per heavy atom. The minimum absolute atomic E-state index is 0.158. The van der Waals surface area contributed by atoms with E-state index in [1.54, 1.807) is 23.0 Å². The molecule has 1 atom stereocenters. The SMILES string of the molecule is C[C@H](NCc1cnnn1C)c1ccc(F)cc1. The highest BCUT2D eigenvalue weighted by atomic mass is 19.1. The predicted octanol–water partition coefficient (Wildman–Crippen LogP) is 1.80. The highest BCUT2D eigenvalue weighted by molar-refractivity contribution is 5.19. The lowest BCUT2D eigenvalue weighted by Crippen LogP contribution is -2.19. The van der Waals surface area contributed by atoms with E-state index in [0.717, 1.165) is 11.3 Å². The first-order chi connectivity index (χ1) is 8.16. The van der Waals surface area contributed by atoms with Crippen molar-refractivity contribution in [2.24, 2.45) is 7.05 Å². The van der Waals surface area contributed by atoms with E-state index >= 15 is 0 Å². The van der Waals surface area contributed by atoms with Crippen LogP contribution < -0.4 is 5.32 Å². The summed E-state index contributed by atoms with van der Waals surface area (Å²) < 4.78 is 14.5. The molecule has 0 aliphatic rings. The van der Waals surface area contributed by atoms with Crippen LogP contribution in [0.4, 0.5) is 4.39 Å². The van der Waals surface area contributed by atoms with Gasteiger partial charge in [-0.05, 0) is 24.6 Å². The van der Waals surface area contributed by atoms with Gasteiger partial charge in [0.05, 0.1) is 11.9 Å². The zero-order valence-electron chi connectivity index (χ0n) is 9.89. The summed E-state index contributed by atoms with van der Waals surface area (Å²) in [6, 6.07) is 6.67. The Bertz CT molecular complexity index is 478. The lowest BCUT2D eigenvalue weighted by Gasteiger charge is -2.13. The second kappa shape index (κ2) is 5.05. The molecule has 0 radical (unpaired) electrons. The third kappa shape index (κ3) is 2.88. The summed E-state index contributed by atoms with van der Waals surface area (Å²) in [4.78, 5) is 0. The summed E-state index contributed by atoms with van der Waals surface area (Å²) in [5, 5.41) is 11.0. The van der Waals surface area contributed by atoms with Crippen LogP contribution in [0.5, 0.6) is 0 Å². The van der Waals surface area contributed by atoms with Crippen molar-refractivity contribution in [1.82, 2.24) is 20.3 Å². The van der Waals surface area contributed by atoms with Crippen LogP contribution in [-0.4, -0.2) is 15.0 Å². The number of benzene rings is 1. The molecule has 0 spiro atoms. The number of hydrogen-bond acceptors (Lipinski definition) is 3. The number of aryl methyl sites for hydroxylation is 1. The molecule has 1 aromatic heterocycles. The van der Waals surface area contributed by atoms with Crippen molar-refractivity contribution >= 4 is 0 Å². The number of nitrogens with zero attached hydrogens (tertiary/aromatic N) is 3. The maximum Gasteiger partial charge on any atom is 0.123 e. The number of aromatic nitrogens is 3. The summed E-state index contributed by atoms with van der Waals surface area (Å²) in [6.45, 7) is 2.72. The minimum Gasteiger partial charge on any atom is -0.305 e. The first-order valence-electron chi connectivity index (χ1n) is 5.49. The molecule has 4 nitrogen and oxygen atoms in total. The van der Waals surface area contributed by atoms with Crippen LogP contribution in [0.3, 0.4) is 0 Å². The minimum atomic E-state index is -0.211. The van der Waals surface area contributed by atoms with Gasteiger partial charge in [-0.2, -0.15) is 0 Å². The smallest absolute Gasteiger partial charge is 0.123 e. The van der Waals surface area contributed by atoms with Crippen molar-refractivity contribution in [3.8, 4) is 0 Å². The second-order valence-electron chi connectivity index (χ2n) is 4.00. The van der Waals surface area contributed by atoms with E-state index in [-0.39, 0.29) is 11.9 Å². The zero-order chi connectivity index (χ0) is 12.3. The van der Waals surface area contributed by atoms with Crippen molar-refractivity contribution < 1.29 is 4.39 Å². The van der Waals surface area contributed by atoms with Crippen molar-refractivity contribution in [1.29, 1.82) is 0 Å². The Labute approximate surface area is 99.5 Å². The van der Waals surface area contributed by atoms with Crippen molar-refractivity contribution in [3.63, 3.8) is 0 Å². The van der Waals surface area contributed by atoms with Crippen molar-refractivity contribution in [2.75, 3.05) is 0 Å². The van der Waals surface area contributed by atoms with Crippen LogP contribution in [0.25, 0.3) is 0 Å².